The van der Waals surface area contributed by atoms with E-state index >= 15 is 0 Å². The number of aromatic nitrogens is 3. The fourth-order valence-electron chi connectivity index (χ4n) is 3.21. The summed E-state index contributed by atoms with van der Waals surface area (Å²) in [7, 11) is 0. The summed E-state index contributed by atoms with van der Waals surface area (Å²) in [6, 6.07) is 1.85. The highest BCUT2D eigenvalue weighted by atomic mass is 19.4. The Kier molecular flexibility index (Phi) is 6.01. The van der Waals surface area contributed by atoms with Gasteiger partial charge in [-0.25, -0.2) is 4.98 Å². The number of alkyl halides is 6. The van der Waals surface area contributed by atoms with Crippen molar-refractivity contribution in [2.75, 3.05) is 5.32 Å². The molecule has 0 saturated heterocycles. The molecule has 0 radical (unpaired) electrons. The SMILES string of the molecule is CC(N)=Cc1nc(NC2CC(C)C2)nnc1-c1ccc(C(F)(F)F)cc1OC(F)(F)F. The number of nitrogens with zero attached hydrogens (tertiary/aromatic N) is 3. The molecule has 0 bridgehead atoms. The average Bonchev–Trinajstić information content (AvgIpc) is 2.58. The van der Waals surface area contributed by atoms with Crippen LogP contribution >= 0.6 is 0 Å². The molecule has 1 aliphatic rings. The molecule has 3 rings (SSSR count). The minimum absolute atomic E-state index is 0.0386. The molecule has 1 aliphatic carbocycles. The number of ether oxygens (including phenoxy) is 1. The van der Waals surface area contributed by atoms with Crippen LogP contribution in [0.25, 0.3) is 17.3 Å². The van der Waals surface area contributed by atoms with Crippen molar-refractivity contribution in [1.82, 2.24) is 15.2 Å². The first-order valence-corrected chi connectivity index (χ1v) is 9.24. The van der Waals surface area contributed by atoms with Gasteiger partial charge in [0.15, 0.2) is 0 Å². The van der Waals surface area contributed by atoms with Crippen LogP contribution < -0.4 is 15.8 Å². The zero-order chi connectivity index (χ0) is 23.0. The third-order valence-electron chi connectivity index (χ3n) is 4.57. The van der Waals surface area contributed by atoms with Crippen LogP contribution in [-0.4, -0.2) is 27.6 Å². The zero-order valence-electron chi connectivity index (χ0n) is 16.5. The van der Waals surface area contributed by atoms with Crippen LogP contribution in [0, 0.1) is 5.92 Å². The minimum atomic E-state index is -5.22. The predicted octanol–water partition coefficient (Wildman–Crippen LogP) is 4.99. The van der Waals surface area contributed by atoms with Gasteiger partial charge in [-0.1, -0.05) is 6.92 Å². The average molecular weight is 447 g/mol. The molecule has 0 atom stereocenters. The molecule has 1 fully saturated rings. The number of nitrogens with two attached hydrogens (primary N) is 1. The number of anilines is 1. The Bertz CT molecular complexity index is 979. The molecule has 6 nitrogen and oxygen atoms in total. The lowest BCUT2D eigenvalue weighted by atomic mass is 9.82. The van der Waals surface area contributed by atoms with E-state index in [2.05, 4.69) is 32.2 Å². The zero-order valence-corrected chi connectivity index (χ0v) is 16.5. The van der Waals surface area contributed by atoms with Gasteiger partial charge in [-0.15, -0.1) is 23.4 Å². The second-order valence-electron chi connectivity index (χ2n) is 7.43. The van der Waals surface area contributed by atoms with E-state index in [1.54, 1.807) is 0 Å². The van der Waals surface area contributed by atoms with Gasteiger partial charge in [-0.3, -0.25) is 0 Å². The molecule has 0 amide bonds. The molecular weight excluding hydrogens is 428 g/mol. The number of nitrogens with one attached hydrogen (secondary N) is 1. The molecule has 3 N–H and O–H groups in total. The molecule has 1 aromatic carbocycles. The monoisotopic (exact) mass is 447 g/mol. The van der Waals surface area contributed by atoms with Crippen molar-refractivity contribution in [3.63, 3.8) is 0 Å². The summed E-state index contributed by atoms with van der Waals surface area (Å²) >= 11 is 0. The number of allylic oxidation sites excluding steroid dienone is 1. The van der Waals surface area contributed by atoms with Gasteiger partial charge in [0, 0.05) is 17.3 Å². The normalized spacial score (nSPS) is 19.7. The lowest BCUT2D eigenvalue weighted by Gasteiger charge is -2.33. The second kappa shape index (κ2) is 8.23. The van der Waals surface area contributed by atoms with Gasteiger partial charge >= 0.3 is 12.5 Å². The fraction of sp³-hybridized carbons (Fsp3) is 0.421. The Balaban J connectivity index is 2.08. The maximum absolute atomic E-state index is 13.0. The summed E-state index contributed by atoms with van der Waals surface area (Å²) in [5.74, 6) is -0.390. The molecule has 12 heteroatoms. The van der Waals surface area contributed by atoms with Crippen LogP contribution in [0.4, 0.5) is 32.3 Å². The van der Waals surface area contributed by atoms with Gasteiger partial charge in [-0.2, -0.15) is 13.2 Å². The van der Waals surface area contributed by atoms with Crippen LogP contribution in [-0.2, 0) is 6.18 Å². The summed E-state index contributed by atoms with van der Waals surface area (Å²) in [4.78, 5) is 4.24. The first-order chi connectivity index (χ1) is 14.3. The topological polar surface area (TPSA) is 86.0 Å². The summed E-state index contributed by atoms with van der Waals surface area (Å²) in [6.45, 7) is 3.60. The standard InChI is InChI=1S/C19H19F6N5O/c1-9-5-12(6-9)27-17-28-14(7-10(2)26)16(29-30-17)13-4-3-11(18(20,21)22)8-15(13)31-19(23,24)25/h3-4,7-9,12H,5-6,26H2,1-2H3,(H,27,28,30). The number of hydrogen-bond donors (Lipinski definition) is 2. The van der Waals surface area contributed by atoms with Crippen molar-refractivity contribution >= 4 is 12.0 Å². The first kappa shape index (κ1) is 22.6. The summed E-state index contributed by atoms with van der Waals surface area (Å²) in [5, 5.41) is 10.9. The van der Waals surface area contributed by atoms with Crippen LogP contribution in [0.1, 0.15) is 37.9 Å². The molecule has 0 spiro atoms. The molecule has 31 heavy (non-hydrogen) atoms. The maximum atomic E-state index is 13.0. The number of benzene rings is 1. The van der Waals surface area contributed by atoms with Crippen LogP contribution in [0.3, 0.4) is 0 Å². The van der Waals surface area contributed by atoms with E-state index in [0.29, 0.717) is 12.0 Å². The summed E-state index contributed by atoms with van der Waals surface area (Å²) in [6.07, 6.45) is -6.95. The van der Waals surface area contributed by atoms with E-state index in [1.165, 1.54) is 13.0 Å². The summed E-state index contributed by atoms with van der Waals surface area (Å²) in [5.41, 5.74) is 4.12. The van der Waals surface area contributed by atoms with Crippen molar-refractivity contribution in [3.8, 4) is 17.0 Å². The Morgan fingerprint density at radius 1 is 1.16 bits per heavy atom. The van der Waals surface area contributed by atoms with Crippen LogP contribution in [0.5, 0.6) is 5.75 Å². The van der Waals surface area contributed by atoms with Crippen molar-refractivity contribution in [3.05, 3.63) is 35.2 Å². The molecule has 1 aromatic heterocycles. The molecule has 1 heterocycles. The third-order valence-corrected chi connectivity index (χ3v) is 4.57. The van der Waals surface area contributed by atoms with E-state index in [1.807, 2.05) is 0 Å². The van der Waals surface area contributed by atoms with Gasteiger partial charge in [0.1, 0.15) is 11.4 Å². The predicted molar refractivity (Wildman–Crippen MR) is 101 cm³/mol. The summed E-state index contributed by atoms with van der Waals surface area (Å²) < 4.78 is 81.5. The van der Waals surface area contributed by atoms with E-state index in [-0.39, 0.29) is 40.7 Å². The van der Waals surface area contributed by atoms with E-state index in [0.717, 1.165) is 18.9 Å². The Morgan fingerprint density at radius 2 is 1.84 bits per heavy atom. The highest BCUT2D eigenvalue weighted by molar-refractivity contribution is 5.75. The van der Waals surface area contributed by atoms with E-state index < -0.39 is 23.9 Å². The number of halogens is 6. The van der Waals surface area contributed by atoms with Gasteiger partial charge in [-0.05, 0) is 50.0 Å². The highest BCUT2D eigenvalue weighted by Crippen LogP contribution is 2.39. The van der Waals surface area contributed by atoms with Crippen molar-refractivity contribution < 1.29 is 31.1 Å². The maximum Gasteiger partial charge on any atom is 0.573 e. The molecule has 168 valence electrons. The third kappa shape index (κ3) is 5.76. The fourth-order valence-corrected chi connectivity index (χ4v) is 3.21. The molecular formula is C19H19F6N5O. The first-order valence-electron chi connectivity index (χ1n) is 9.24. The smallest absolute Gasteiger partial charge is 0.405 e. The Morgan fingerprint density at radius 3 is 2.39 bits per heavy atom. The van der Waals surface area contributed by atoms with Gasteiger partial charge in [0.05, 0.1) is 11.3 Å². The van der Waals surface area contributed by atoms with Crippen LogP contribution in [0.2, 0.25) is 0 Å². The second-order valence-corrected chi connectivity index (χ2v) is 7.43. The van der Waals surface area contributed by atoms with Crippen molar-refractivity contribution in [2.45, 2.75) is 45.3 Å². The number of hydrogen-bond acceptors (Lipinski definition) is 6. The van der Waals surface area contributed by atoms with Crippen molar-refractivity contribution in [2.24, 2.45) is 11.7 Å². The lowest BCUT2D eigenvalue weighted by molar-refractivity contribution is -0.274. The molecule has 0 aliphatic heterocycles. The van der Waals surface area contributed by atoms with Gasteiger partial charge in [0.25, 0.3) is 0 Å². The largest absolute Gasteiger partial charge is 0.573 e. The van der Waals surface area contributed by atoms with Crippen molar-refractivity contribution in [1.29, 1.82) is 0 Å². The Labute approximate surface area is 173 Å². The van der Waals surface area contributed by atoms with Crippen LogP contribution in [0.15, 0.2) is 23.9 Å². The van der Waals surface area contributed by atoms with Gasteiger partial charge < -0.3 is 15.8 Å². The quantitative estimate of drug-likeness (QED) is 0.629. The Hall–Kier alpha value is -3.05. The van der Waals surface area contributed by atoms with Gasteiger partial charge in [0.2, 0.25) is 5.95 Å². The number of rotatable bonds is 5. The molecule has 0 unspecified atom stereocenters. The van der Waals surface area contributed by atoms with E-state index in [9.17, 15) is 26.3 Å². The van der Waals surface area contributed by atoms with E-state index in [4.69, 9.17) is 5.73 Å². The minimum Gasteiger partial charge on any atom is -0.405 e. The molecule has 1 saturated carbocycles. The molecule has 2 aromatic rings. The lowest BCUT2D eigenvalue weighted by Crippen LogP contribution is -2.34. The highest BCUT2D eigenvalue weighted by Gasteiger charge is 2.36.